The maximum absolute atomic E-state index is 11.8. The summed E-state index contributed by atoms with van der Waals surface area (Å²) < 4.78 is 0. The number of hydrogen-bond donors (Lipinski definition) is 2. The van der Waals surface area contributed by atoms with Crippen LogP contribution in [0.4, 0.5) is 0 Å². The fourth-order valence-electron chi connectivity index (χ4n) is 4.07. The summed E-state index contributed by atoms with van der Waals surface area (Å²) in [7, 11) is 0. The lowest BCUT2D eigenvalue weighted by atomic mass is 9.63. The van der Waals surface area contributed by atoms with Crippen molar-refractivity contribution in [1.29, 1.82) is 0 Å². The molecule has 3 aliphatic carbocycles. The SMILES string of the molecule is O=C1C(=O)C2CC(O)CC3CC(O)CC1C32. The molecule has 0 bridgehead atoms. The zero-order valence-corrected chi connectivity index (χ0v) is 9.00. The molecule has 0 amide bonds. The number of carbonyl (C=O) groups is 2. The molecule has 4 heteroatoms. The van der Waals surface area contributed by atoms with Crippen molar-refractivity contribution in [3.05, 3.63) is 0 Å². The van der Waals surface area contributed by atoms with Crippen LogP contribution in [0.15, 0.2) is 0 Å². The van der Waals surface area contributed by atoms with Crippen LogP contribution in [0, 0.1) is 23.7 Å². The van der Waals surface area contributed by atoms with Crippen molar-refractivity contribution in [2.75, 3.05) is 0 Å². The quantitative estimate of drug-likeness (QED) is 0.564. The second-order valence-corrected chi connectivity index (χ2v) is 5.53. The van der Waals surface area contributed by atoms with Gasteiger partial charge in [-0.05, 0) is 37.5 Å². The van der Waals surface area contributed by atoms with Gasteiger partial charge in [-0.1, -0.05) is 0 Å². The number of aliphatic hydroxyl groups is 2. The normalized spacial score (nSPS) is 51.6. The zero-order valence-electron chi connectivity index (χ0n) is 9.00. The number of hydrogen-bond acceptors (Lipinski definition) is 4. The highest BCUT2D eigenvalue weighted by Crippen LogP contribution is 2.51. The molecule has 4 atom stereocenters. The van der Waals surface area contributed by atoms with Crippen molar-refractivity contribution in [2.24, 2.45) is 23.7 Å². The van der Waals surface area contributed by atoms with Crippen LogP contribution in [0.25, 0.3) is 0 Å². The van der Waals surface area contributed by atoms with E-state index in [2.05, 4.69) is 0 Å². The predicted octanol–water partition coefficient (Wildman–Crippen LogP) is -0.0876. The van der Waals surface area contributed by atoms with Crippen molar-refractivity contribution < 1.29 is 19.8 Å². The van der Waals surface area contributed by atoms with E-state index in [9.17, 15) is 19.8 Å². The largest absolute Gasteiger partial charge is 0.393 e. The second-order valence-electron chi connectivity index (χ2n) is 5.53. The lowest BCUT2D eigenvalue weighted by Gasteiger charge is -2.42. The third-order valence-corrected chi connectivity index (χ3v) is 4.59. The average Bonchev–Trinajstić information content (AvgIpc) is 2.44. The van der Waals surface area contributed by atoms with Gasteiger partial charge in [0.05, 0.1) is 12.2 Å². The molecule has 4 unspecified atom stereocenters. The van der Waals surface area contributed by atoms with Crippen LogP contribution in [0.5, 0.6) is 0 Å². The first-order valence-electron chi connectivity index (χ1n) is 6.02. The summed E-state index contributed by atoms with van der Waals surface area (Å²) in [6.45, 7) is 0. The number of Topliss-reactive ketones (excluding diaryl/α,β-unsaturated/α-hetero) is 2. The summed E-state index contributed by atoms with van der Waals surface area (Å²) in [6, 6.07) is 0. The molecule has 0 aliphatic heterocycles. The van der Waals surface area contributed by atoms with Crippen LogP contribution in [-0.2, 0) is 9.59 Å². The standard InChI is InChI=1S/C12H16O4/c13-6-1-5-2-7(14)4-9-10(5)8(3-6)11(15)12(9)16/h5-10,13-14H,1-4H2. The molecule has 4 nitrogen and oxygen atoms in total. The summed E-state index contributed by atoms with van der Waals surface area (Å²) in [5.41, 5.74) is 0. The van der Waals surface area contributed by atoms with Crippen molar-refractivity contribution in [3.8, 4) is 0 Å². The zero-order chi connectivity index (χ0) is 11.4. The van der Waals surface area contributed by atoms with Crippen molar-refractivity contribution in [1.82, 2.24) is 0 Å². The molecule has 3 fully saturated rings. The van der Waals surface area contributed by atoms with E-state index in [-0.39, 0.29) is 35.2 Å². The number of ketones is 2. The van der Waals surface area contributed by atoms with E-state index in [1.807, 2.05) is 0 Å². The van der Waals surface area contributed by atoms with Gasteiger partial charge in [0, 0.05) is 11.8 Å². The van der Waals surface area contributed by atoms with Crippen LogP contribution in [0.3, 0.4) is 0 Å². The van der Waals surface area contributed by atoms with Crippen molar-refractivity contribution >= 4 is 11.6 Å². The topological polar surface area (TPSA) is 74.6 Å². The van der Waals surface area contributed by atoms with Gasteiger partial charge < -0.3 is 10.2 Å². The van der Waals surface area contributed by atoms with Crippen molar-refractivity contribution in [3.63, 3.8) is 0 Å². The molecule has 0 saturated heterocycles. The van der Waals surface area contributed by atoms with Gasteiger partial charge in [-0.3, -0.25) is 9.59 Å². The summed E-state index contributed by atoms with van der Waals surface area (Å²) >= 11 is 0. The maximum atomic E-state index is 11.8. The molecule has 3 rings (SSSR count). The van der Waals surface area contributed by atoms with E-state index in [0.717, 1.165) is 0 Å². The highest BCUT2D eigenvalue weighted by molar-refractivity contribution is 6.41. The van der Waals surface area contributed by atoms with Gasteiger partial charge in [-0.25, -0.2) is 0 Å². The van der Waals surface area contributed by atoms with Crippen LogP contribution < -0.4 is 0 Å². The fraction of sp³-hybridized carbons (Fsp3) is 0.833. The Morgan fingerprint density at radius 2 is 1.25 bits per heavy atom. The highest BCUT2D eigenvalue weighted by atomic mass is 16.3. The Balaban J connectivity index is 1.97. The molecular weight excluding hydrogens is 208 g/mol. The van der Waals surface area contributed by atoms with E-state index in [4.69, 9.17) is 0 Å². The lowest BCUT2D eigenvalue weighted by Crippen LogP contribution is -2.42. The molecule has 0 aromatic carbocycles. The number of rotatable bonds is 0. The molecule has 0 aromatic heterocycles. The highest BCUT2D eigenvalue weighted by Gasteiger charge is 2.57. The van der Waals surface area contributed by atoms with E-state index >= 15 is 0 Å². The lowest BCUT2D eigenvalue weighted by molar-refractivity contribution is -0.137. The molecule has 0 heterocycles. The van der Waals surface area contributed by atoms with Crippen LogP contribution in [0.1, 0.15) is 25.7 Å². The van der Waals surface area contributed by atoms with E-state index in [0.29, 0.717) is 25.7 Å². The Kier molecular flexibility index (Phi) is 2.20. The Labute approximate surface area is 93.6 Å². The smallest absolute Gasteiger partial charge is 0.202 e. The van der Waals surface area contributed by atoms with Gasteiger partial charge in [0.2, 0.25) is 11.6 Å². The molecular formula is C12H16O4. The second kappa shape index (κ2) is 3.37. The fourth-order valence-corrected chi connectivity index (χ4v) is 4.07. The van der Waals surface area contributed by atoms with Crippen LogP contribution >= 0.6 is 0 Å². The van der Waals surface area contributed by atoms with Gasteiger partial charge in [0.1, 0.15) is 0 Å². The van der Waals surface area contributed by atoms with Gasteiger partial charge in [0.25, 0.3) is 0 Å². The first kappa shape index (κ1) is 10.4. The molecule has 0 spiro atoms. The molecule has 0 radical (unpaired) electrons. The van der Waals surface area contributed by atoms with E-state index in [1.54, 1.807) is 0 Å². The first-order chi connectivity index (χ1) is 7.58. The predicted molar refractivity (Wildman–Crippen MR) is 54.5 cm³/mol. The number of carbonyl (C=O) groups excluding carboxylic acids is 2. The summed E-state index contributed by atoms with van der Waals surface area (Å²) in [5.74, 6) is -0.872. The minimum Gasteiger partial charge on any atom is -0.393 e. The Hall–Kier alpha value is -0.740. The van der Waals surface area contributed by atoms with Gasteiger partial charge in [-0.2, -0.15) is 0 Å². The molecule has 16 heavy (non-hydrogen) atoms. The summed E-state index contributed by atoms with van der Waals surface area (Å²) in [5, 5.41) is 19.4. The first-order valence-corrected chi connectivity index (χ1v) is 6.02. The average molecular weight is 224 g/mol. The maximum Gasteiger partial charge on any atom is 0.202 e. The molecule has 3 aliphatic rings. The molecule has 88 valence electrons. The van der Waals surface area contributed by atoms with Crippen LogP contribution in [0.2, 0.25) is 0 Å². The van der Waals surface area contributed by atoms with Gasteiger partial charge in [0.15, 0.2) is 0 Å². The van der Waals surface area contributed by atoms with Crippen molar-refractivity contribution in [2.45, 2.75) is 37.9 Å². The van der Waals surface area contributed by atoms with E-state index < -0.39 is 12.2 Å². The minimum absolute atomic E-state index is 0.104. The molecule has 0 aromatic rings. The number of aliphatic hydroxyl groups excluding tert-OH is 2. The Morgan fingerprint density at radius 1 is 0.812 bits per heavy atom. The summed E-state index contributed by atoms with van der Waals surface area (Å²) in [6.07, 6.45) is 1.19. The van der Waals surface area contributed by atoms with Gasteiger partial charge in [-0.15, -0.1) is 0 Å². The van der Waals surface area contributed by atoms with Crippen LogP contribution in [-0.4, -0.2) is 34.0 Å². The van der Waals surface area contributed by atoms with Gasteiger partial charge >= 0.3 is 0 Å². The van der Waals surface area contributed by atoms with E-state index in [1.165, 1.54) is 0 Å². The Bertz CT molecular complexity index is 319. The molecule has 2 N–H and O–H groups in total. The Morgan fingerprint density at radius 3 is 1.69 bits per heavy atom. The molecule has 3 saturated carbocycles. The third kappa shape index (κ3) is 1.29. The summed E-state index contributed by atoms with van der Waals surface area (Å²) in [4.78, 5) is 23.6. The monoisotopic (exact) mass is 224 g/mol. The third-order valence-electron chi connectivity index (χ3n) is 4.59. The minimum atomic E-state index is -0.480.